The van der Waals surface area contributed by atoms with E-state index in [4.69, 9.17) is 16.0 Å². The lowest BCUT2D eigenvalue weighted by molar-refractivity contribution is 0.0950. The van der Waals surface area contributed by atoms with Crippen molar-refractivity contribution in [3.63, 3.8) is 0 Å². The van der Waals surface area contributed by atoms with Crippen LogP contribution in [-0.2, 0) is 6.42 Å². The fourth-order valence-electron chi connectivity index (χ4n) is 2.16. The van der Waals surface area contributed by atoms with Crippen molar-refractivity contribution >= 4 is 17.5 Å². The number of hydrogen-bond acceptors (Lipinski definition) is 3. The van der Waals surface area contributed by atoms with Gasteiger partial charge in [-0.2, -0.15) is 0 Å². The zero-order valence-electron chi connectivity index (χ0n) is 11.9. The minimum Gasteiger partial charge on any atom is -0.427 e. The average molecular weight is 306 g/mol. The molecule has 0 aliphatic rings. The van der Waals surface area contributed by atoms with Crippen molar-refractivity contribution in [3.05, 3.63) is 68.2 Å². The smallest absolute Gasteiger partial charge is 0.336 e. The number of carbonyl (C=O) groups excluding carboxylic acids is 1. The van der Waals surface area contributed by atoms with Crippen LogP contribution in [0.1, 0.15) is 27.2 Å². The number of carbonyl (C=O) groups is 1. The number of rotatable bonds is 4. The van der Waals surface area contributed by atoms with E-state index in [0.717, 1.165) is 5.56 Å². The van der Waals surface area contributed by atoms with Crippen molar-refractivity contribution in [1.29, 1.82) is 0 Å². The topological polar surface area (TPSA) is 59.3 Å². The number of halogens is 1. The van der Waals surface area contributed by atoms with Crippen molar-refractivity contribution in [3.8, 4) is 0 Å². The highest BCUT2D eigenvalue weighted by atomic mass is 35.5. The molecule has 110 valence electrons. The Morgan fingerprint density at radius 2 is 1.90 bits per heavy atom. The molecule has 1 N–H and O–H groups in total. The van der Waals surface area contributed by atoms with Crippen LogP contribution in [0.4, 0.5) is 0 Å². The number of benzene rings is 1. The van der Waals surface area contributed by atoms with Crippen molar-refractivity contribution in [2.45, 2.75) is 20.3 Å². The SMILES string of the molecule is Cc1cc(=O)oc(C)c1C(=O)NCCc1ccc(Cl)cc1. The molecule has 21 heavy (non-hydrogen) atoms. The molecular weight excluding hydrogens is 290 g/mol. The van der Waals surface area contributed by atoms with E-state index in [-0.39, 0.29) is 5.91 Å². The summed E-state index contributed by atoms with van der Waals surface area (Å²) in [7, 11) is 0. The van der Waals surface area contributed by atoms with Gasteiger partial charge in [0.05, 0.1) is 5.56 Å². The normalized spacial score (nSPS) is 10.4. The molecule has 0 radical (unpaired) electrons. The van der Waals surface area contributed by atoms with E-state index < -0.39 is 5.63 Å². The van der Waals surface area contributed by atoms with Crippen LogP contribution in [0.15, 0.2) is 39.5 Å². The standard InChI is InChI=1S/C16H16ClNO3/c1-10-9-14(19)21-11(2)15(10)16(20)18-8-7-12-3-5-13(17)6-4-12/h3-6,9H,7-8H2,1-2H3,(H,18,20). The first kappa shape index (κ1) is 15.3. The van der Waals surface area contributed by atoms with Crippen LogP contribution >= 0.6 is 11.6 Å². The fraction of sp³-hybridized carbons (Fsp3) is 0.250. The summed E-state index contributed by atoms with van der Waals surface area (Å²) in [5, 5.41) is 3.52. The number of nitrogens with one attached hydrogen (secondary N) is 1. The molecule has 0 aliphatic carbocycles. The minimum absolute atomic E-state index is 0.234. The van der Waals surface area contributed by atoms with Crippen molar-refractivity contribution in [1.82, 2.24) is 5.32 Å². The average Bonchev–Trinajstić information content (AvgIpc) is 2.40. The van der Waals surface area contributed by atoms with E-state index in [2.05, 4.69) is 5.32 Å². The van der Waals surface area contributed by atoms with E-state index >= 15 is 0 Å². The summed E-state index contributed by atoms with van der Waals surface area (Å²) < 4.78 is 4.96. The number of aryl methyl sites for hydroxylation is 2. The van der Waals surface area contributed by atoms with Crippen LogP contribution in [0.2, 0.25) is 5.02 Å². The van der Waals surface area contributed by atoms with Gasteiger partial charge in [0, 0.05) is 17.6 Å². The highest BCUT2D eigenvalue weighted by molar-refractivity contribution is 6.30. The first-order valence-corrected chi connectivity index (χ1v) is 6.99. The van der Waals surface area contributed by atoms with E-state index in [0.29, 0.717) is 34.9 Å². The maximum atomic E-state index is 12.1. The predicted octanol–water partition coefficient (Wildman–Crippen LogP) is 2.88. The van der Waals surface area contributed by atoms with Crippen molar-refractivity contribution in [2.24, 2.45) is 0 Å². The highest BCUT2D eigenvalue weighted by Crippen LogP contribution is 2.11. The Kier molecular flexibility index (Phi) is 4.81. The molecule has 4 nitrogen and oxygen atoms in total. The molecule has 0 unspecified atom stereocenters. The molecule has 2 aromatic rings. The largest absolute Gasteiger partial charge is 0.427 e. The van der Waals surface area contributed by atoms with Crippen molar-refractivity contribution in [2.75, 3.05) is 6.54 Å². The second-order valence-corrected chi connectivity index (χ2v) is 5.25. The summed E-state index contributed by atoms with van der Waals surface area (Å²) in [6.45, 7) is 3.83. The molecule has 0 saturated heterocycles. The van der Waals surface area contributed by atoms with E-state index in [1.54, 1.807) is 13.8 Å². The van der Waals surface area contributed by atoms with Gasteiger partial charge in [-0.3, -0.25) is 4.79 Å². The van der Waals surface area contributed by atoms with Gasteiger partial charge in [0.1, 0.15) is 5.76 Å². The molecule has 0 spiro atoms. The summed E-state index contributed by atoms with van der Waals surface area (Å²) in [4.78, 5) is 23.4. The molecule has 0 fully saturated rings. The Balaban J connectivity index is 1.99. The van der Waals surface area contributed by atoms with E-state index in [1.165, 1.54) is 6.07 Å². The van der Waals surface area contributed by atoms with E-state index in [9.17, 15) is 9.59 Å². The van der Waals surface area contributed by atoms with Gasteiger partial charge in [-0.15, -0.1) is 0 Å². The highest BCUT2D eigenvalue weighted by Gasteiger charge is 2.14. The van der Waals surface area contributed by atoms with Gasteiger partial charge in [0.15, 0.2) is 0 Å². The van der Waals surface area contributed by atoms with Gasteiger partial charge in [0.2, 0.25) is 0 Å². The molecule has 0 saturated carbocycles. The number of amides is 1. The van der Waals surface area contributed by atoms with E-state index in [1.807, 2.05) is 24.3 Å². The second-order valence-electron chi connectivity index (χ2n) is 4.81. The van der Waals surface area contributed by atoms with Crippen LogP contribution in [-0.4, -0.2) is 12.5 Å². The lowest BCUT2D eigenvalue weighted by atomic mass is 10.1. The molecule has 1 aromatic heterocycles. The molecule has 1 amide bonds. The summed E-state index contributed by atoms with van der Waals surface area (Å²) in [5.41, 5.74) is 1.69. The zero-order valence-corrected chi connectivity index (χ0v) is 12.7. The third-order valence-electron chi connectivity index (χ3n) is 3.17. The summed E-state index contributed by atoms with van der Waals surface area (Å²) in [5.74, 6) is 0.103. The third-order valence-corrected chi connectivity index (χ3v) is 3.43. The quantitative estimate of drug-likeness (QED) is 0.945. The fourth-order valence-corrected chi connectivity index (χ4v) is 2.28. The van der Waals surface area contributed by atoms with Gasteiger partial charge in [-0.05, 0) is 43.5 Å². The molecular formula is C16H16ClNO3. The molecule has 0 aliphatic heterocycles. The zero-order chi connectivity index (χ0) is 15.4. The lowest BCUT2D eigenvalue weighted by Crippen LogP contribution is -2.27. The maximum Gasteiger partial charge on any atom is 0.336 e. The molecule has 5 heteroatoms. The second kappa shape index (κ2) is 6.59. The Bertz CT molecular complexity index is 678. The molecule has 1 aromatic carbocycles. The molecule has 1 heterocycles. The lowest BCUT2D eigenvalue weighted by Gasteiger charge is -2.09. The van der Waals surface area contributed by atoms with Gasteiger partial charge >= 0.3 is 5.63 Å². The maximum absolute atomic E-state index is 12.1. The first-order valence-electron chi connectivity index (χ1n) is 6.61. The Morgan fingerprint density at radius 3 is 2.52 bits per heavy atom. The third kappa shape index (κ3) is 3.95. The Morgan fingerprint density at radius 1 is 1.24 bits per heavy atom. The Hall–Kier alpha value is -2.07. The van der Waals surface area contributed by atoms with Gasteiger partial charge in [0.25, 0.3) is 5.91 Å². The van der Waals surface area contributed by atoms with Gasteiger partial charge < -0.3 is 9.73 Å². The predicted molar refractivity (Wildman–Crippen MR) is 81.9 cm³/mol. The van der Waals surface area contributed by atoms with Crippen LogP contribution < -0.4 is 10.9 Å². The summed E-state index contributed by atoms with van der Waals surface area (Å²) in [6.07, 6.45) is 0.706. The molecule has 0 atom stereocenters. The molecule has 2 rings (SSSR count). The summed E-state index contributed by atoms with van der Waals surface area (Å²) >= 11 is 5.82. The summed E-state index contributed by atoms with van der Waals surface area (Å²) in [6, 6.07) is 8.80. The first-order chi connectivity index (χ1) is 9.97. The van der Waals surface area contributed by atoms with Crippen LogP contribution in [0, 0.1) is 13.8 Å². The van der Waals surface area contributed by atoms with Crippen molar-refractivity contribution < 1.29 is 9.21 Å². The number of hydrogen-bond donors (Lipinski definition) is 1. The minimum atomic E-state index is -0.442. The van der Waals surface area contributed by atoms with Crippen LogP contribution in [0.25, 0.3) is 0 Å². The van der Waals surface area contributed by atoms with Crippen LogP contribution in [0.3, 0.4) is 0 Å². The van der Waals surface area contributed by atoms with Gasteiger partial charge in [-0.1, -0.05) is 23.7 Å². The Labute approximate surface area is 127 Å². The van der Waals surface area contributed by atoms with Gasteiger partial charge in [-0.25, -0.2) is 4.79 Å². The molecule has 0 bridgehead atoms. The van der Waals surface area contributed by atoms with Crippen LogP contribution in [0.5, 0.6) is 0 Å². The monoisotopic (exact) mass is 305 g/mol.